The molecule has 4 amide bonds. The van der Waals surface area contributed by atoms with Crippen LogP contribution in [0.15, 0.2) is 46.9 Å². The Bertz CT molecular complexity index is 1540. The summed E-state index contributed by atoms with van der Waals surface area (Å²) >= 11 is 3.34. The summed E-state index contributed by atoms with van der Waals surface area (Å²) in [5, 5.41) is 12.6. The molecule has 6 rings (SSSR count). The molecule has 0 aliphatic carbocycles. The van der Waals surface area contributed by atoms with Gasteiger partial charge in [-0.2, -0.15) is 0 Å². The van der Waals surface area contributed by atoms with Gasteiger partial charge in [-0.15, -0.1) is 0 Å². The Hall–Kier alpha value is -3.88. The molecule has 2 N–H and O–H groups in total. The first-order chi connectivity index (χ1) is 25.1. The quantitative estimate of drug-likeness (QED) is 0.392. The van der Waals surface area contributed by atoms with Crippen molar-refractivity contribution in [2.75, 3.05) is 85.0 Å². The molecule has 0 aromatic heterocycles. The van der Waals surface area contributed by atoms with Crippen molar-refractivity contribution >= 4 is 45.6 Å². The van der Waals surface area contributed by atoms with Crippen LogP contribution in [0.1, 0.15) is 43.7 Å². The van der Waals surface area contributed by atoms with E-state index in [9.17, 15) is 24.3 Å². The number of piperidine rings is 2. The number of methoxy groups -OCH3 is 2. The Morgan fingerprint density at radius 3 is 2.19 bits per heavy atom. The van der Waals surface area contributed by atoms with E-state index in [1.807, 2.05) is 47.1 Å². The molecular formula is C38H53BrN6O7. The van der Waals surface area contributed by atoms with Gasteiger partial charge in [-0.05, 0) is 83.8 Å². The molecule has 0 spiro atoms. The molecule has 0 bridgehead atoms. The van der Waals surface area contributed by atoms with Gasteiger partial charge in [-0.3, -0.25) is 19.4 Å². The van der Waals surface area contributed by atoms with Crippen molar-refractivity contribution in [2.24, 2.45) is 5.92 Å². The summed E-state index contributed by atoms with van der Waals surface area (Å²) in [6.45, 7) is 9.52. The van der Waals surface area contributed by atoms with Crippen molar-refractivity contribution in [2.45, 2.75) is 57.5 Å². The Labute approximate surface area is 315 Å². The standard InChI is InChI=1S/C22H32BrN3O4.C16H21N3O3/c1-16(13-17-3-4-20(27)19(23)14-17)22(29)26-11-9-25(10-12-26)18-5-7-24(8-6-18)15-21(28)30-2;1-22-16(21)18-9-7-13(8-10-18)19-11-6-12-4-2-3-5-14(12)17-15(19)20/h3-4,14,16,18,27H,5-13,15H2,1-2H3;2-5,13H,6-11H2,1H3,(H,17,20)/t16-;/m1./s1. The molecule has 0 saturated carbocycles. The van der Waals surface area contributed by atoms with Crippen LogP contribution in [0.25, 0.3) is 0 Å². The van der Waals surface area contributed by atoms with Gasteiger partial charge in [-0.25, -0.2) is 9.59 Å². The van der Waals surface area contributed by atoms with E-state index in [1.165, 1.54) is 19.8 Å². The molecule has 0 radical (unpaired) electrons. The number of ether oxygens (including phenoxy) is 2. The smallest absolute Gasteiger partial charge is 0.409 e. The Balaban J connectivity index is 0.000000210. The molecule has 4 aliphatic rings. The van der Waals surface area contributed by atoms with E-state index in [-0.39, 0.29) is 41.7 Å². The molecule has 1 atom stereocenters. The van der Waals surface area contributed by atoms with Gasteiger partial charge >= 0.3 is 18.1 Å². The van der Waals surface area contributed by atoms with Crippen LogP contribution in [0.5, 0.6) is 5.75 Å². The number of phenolic OH excluding ortho intramolecular Hbond substituents is 1. The molecular weight excluding hydrogens is 732 g/mol. The lowest BCUT2D eigenvalue weighted by atomic mass is 9.98. The highest BCUT2D eigenvalue weighted by Crippen LogP contribution is 2.27. The van der Waals surface area contributed by atoms with E-state index in [2.05, 4.69) is 37.1 Å². The zero-order chi connectivity index (χ0) is 37.2. The molecule has 14 heteroatoms. The first kappa shape index (κ1) is 39.3. The number of hydrogen-bond acceptors (Lipinski definition) is 9. The summed E-state index contributed by atoms with van der Waals surface area (Å²) in [7, 11) is 2.83. The van der Waals surface area contributed by atoms with Crippen LogP contribution in [-0.4, -0.2) is 145 Å². The maximum Gasteiger partial charge on any atom is 0.409 e. The fourth-order valence-corrected chi connectivity index (χ4v) is 8.08. The second-order valence-electron chi connectivity index (χ2n) is 14.1. The van der Waals surface area contributed by atoms with E-state index < -0.39 is 0 Å². The minimum Gasteiger partial charge on any atom is -0.507 e. The average molecular weight is 786 g/mol. The zero-order valence-corrected chi connectivity index (χ0v) is 32.2. The van der Waals surface area contributed by atoms with Gasteiger partial charge in [0.2, 0.25) is 5.91 Å². The predicted molar refractivity (Wildman–Crippen MR) is 201 cm³/mol. The SMILES string of the molecule is COC(=O)CN1CCC(N2CCN(C(=O)[C@H](C)Cc3ccc(O)c(Br)c3)CC2)CC1.COC(=O)N1CCC(N2CCc3ccccc3NC2=O)CC1. The predicted octanol–water partition coefficient (Wildman–Crippen LogP) is 4.42. The molecule has 13 nitrogen and oxygen atoms in total. The maximum atomic E-state index is 12.9. The second-order valence-corrected chi connectivity index (χ2v) is 14.9. The highest BCUT2D eigenvalue weighted by Gasteiger charge is 2.32. The Morgan fingerprint density at radius 2 is 1.54 bits per heavy atom. The summed E-state index contributed by atoms with van der Waals surface area (Å²) in [6.07, 6.45) is 4.92. The normalized spacial score (nSPS) is 19.8. The van der Waals surface area contributed by atoms with Crippen molar-refractivity contribution in [1.29, 1.82) is 0 Å². The number of rotatable bonds is 7. The number of esters is 1. The lowest BCUT2D eigenvalue weighted by Crippen LogP contribution is -2.55. The number of piperazine rings is 1. The number of fused-ring (bicyclic) bond motifs is 1. The van der Waals surface area contributed by atoms with Gasteiger partial charge < -0.3 is 34.6 Å². The number of benzene rings is 2. The van der Waals surface area contributed by atoms with Crippen molar-refractivity contribution in [3.05, 3.63) is 58.1 Å². The van der Waals surface area contributed by atoms with Crippen LogP contribution in [0.4, 0.5) is 15.3 Å². The number of halogens is 1. The number of nitrogens with zero attached hydrogens (tertiary/aromatic N) is 5. The maximum absolute atomic E-state index is 12.9. The molecule has 3 saturated heterocycles. The monoisotopic (exact) mass is 784 g/mol. The van der Waals surface area contributed by atoms with Crippen LogP contribution in [0, 0.1) is 5.92 Å². The van der Waals surface area contributed by atoms with Gasteiger partial charge in [0.05, 0.1) is 25.2 Å². The minimum atomic E-state index is -0.286. The van der Waals surface area contributed by atoms with Crippen molar-refractivity contribution in [3.63, 3.8) is 0 Å². The summed E-state index contributed by atoms with van der Waals surface area (Å²) in [5.74, 6) is 0.153. The second kappa shape index (κ2) is 18.7. The lowest BCUT2D eigenvalue weighted by molar-refractivity contribution is -0.142. The van der Waals surface area contributed by atoms with E-state index in [0.29, 0.717) is 43.1 Å². The highest BCUT2D eigenvalue weighted by molar-refractivity contribution is 9.10. The van der Waals surface area contributed by atoms with E-state index >= 15 is 0 Å². The Morgan fingerprint density at radius 1 is 0.865 bits per heavy atom. The number of aromatic hydroxyl groups is 1. The molecule has 0 unspecified atom stereocenters. The van der Waals surface area contributed by atoms with Crippen LogP contribution in [0.3, 0.4) is 0 Å². The lowest BCUT2D eigenvalue weighted by Gasteiger charge is -2.43. The Kier molecular flexibility index (Phi) is 14.2. The van der Waals surface area contributed by atoms with Crippen molar-refractivity contribution in [1.82, 2.24) is 24.5 Å². The third kappa shape index (κ3) is 10.4. The molecule has 284 valence electrons. The molecule has 4 aliphatic heterocycles. The van der Waals surface area contributed by atoms with Crippen molar-refractivity contribution < 1.29 is 33.8 Å². The van der Waals surface area contributed by atoms with Crippen LogP contribution in [0.2, 0.25) is 0 Å². The van der Waals surface area contributed by atoms with Gasteiger partial charge in [0.15, 0.2) is 0 Å². The molecule has 2 aromatic carbocycles. The first-order valence-electron chi connectivity index (χ1n) is 18.3. The van der Waals surface area contributed by atoms with E-state index in [0.717, 1.165) is 82.6 Å². The summed E-state index contributed by atoms with van der Waals surface area (Å²) in [4.78, 5) is 58.6. The number of anilines is 1. The van der Waals surface area contributed by atoms with Gasteiger partial charge in [0, 0.05) is 82.6 Å². The fraction of sp³-hybridized carbons (Fsp3) is 0.579. The van der Waals surface area contributed by atoms with E-state index in [4.69, 9.17) is 9.47 Å². The van der Waals surface area contributed by atoms with Crippen molar-refractivity contribution in [3.8, 4) is 5.75 Å². The van der Waals surface area contributed by atoms with Crippen LogP contribution < -0.4 is 5.32 Å². The average Bonchev–Trinajstić information content (AvgIpc) is 3.34. The molecule has 3 fully saturated rings. The fourth-order valence-electron chi connectivity index (χ4n) is 7.65. The van der Waals surface area contributed by atoms with Gasteiger partial charge in [0.1, 0.15) is 5.75 Å². The largest absolute Gasteiger partial charge is 0.507 e. The molecule has 4 heterocycles. The van der Waals surface area contributed by atoms with Crippen LogP contribution >= 0.6 is 15.9 Å². The number of hydrogen-bond donors (Lipinski definition) is 2. The highest BCUT2D eigenvalue weighted by atomic mass is 79.9. The molecule has 2 aromatic rings. The number of nitrogens with one attached hydrogen (secondary N) is 1. The number of likely N-dealkylation sites (tertiary alicyclic amines) is 2. The van der Waals surface area contributed by atoms with Gasteiger partial charge in [0.25, 0.3) is 0 Å². The number of amides is 4. The number of urea groups is 1. The zero-order valence-electron chi connectivity index (χ0n) is 30.6. The number of para-hydroxylation sites is 1. The summed E-state index contributed by atoms with van der Waals surface area (Å²) < 4.78 is 10.2. The van der Waals surface area contributed by atoms with Crippen LogP contribution in [-0.2, 0) is 31.9 Å². The number of carbonyl (C=O) groups excluding carboxylic acids is 4. The van der Waals surface area contributed by atoms with Gasteiger partial charge in [-0.1, -0.05) is 31.2 Å². The summed E-state index contributed by atoms with van der Waals surface area (Å²) in [5.41, 5.74) is 3.12. The number of carbonyl (C=O) groups is 4. The topological polar surface area (TPSA) is 135 Å². The molecule has 52 heavy (non-hydrogen) atoms. The van der Waals surface area contributed by atoms with E-state index in [1.54, 1.807) is 11.0 Å². The number of phenols is 1. The third-order valence-electron chi connectivity index (χ3n) is 10.7. The summed E-state index contributed by atoms with van der Waals surface area (Å²) in [6, 6.07) is 14.0. The first-order valence-corrected chi connectivity index (χ1v) is 19.1. The minimum absolute atomic E-state index is 0.0403. The third-order valence-corrected chi connectivity index (χ3v) is 11.4.